The van der Waals surface area contributed by atoms with Crippen molar-refractivity contribution < 1.29 is 23.1 Å². The van der Waals surface area contributed by atoms with Gasteiger partial charge in [0.1, 0.15) is 12.7 Å². The maximum absolute atomic E-state index is 9.70. The third kappa shape index (κ3) is 10.3. The van der Waals surface area contributed by atoms with E-state index in [0.29, 0.717) is 33.0 Å². The van der Waals surface area contributed by atoms with Crippen molar-refractivity contribution in [1.82, 2.24) is 5.32 Å². The van der Waals surface area contributed by atoms with Crippen LogP contribution in [0.4, 0.5) is 0 Å². The number of hydrogen-bond donors (Lipinski definition) is 2. The number of aliphatic hydroxyl groups excluding tert-OH is 1. The Hall–Kier alpha value is -0.443. The minimum atomic E-state index is -2.53. The number of allylic oxidation sites excluding steroid dienone is 1. The van der Waals surface area contributed by atoms with Gasteiger partial charge in [0.2, 0.25) is 0 Å². The lowest BCUT2D eigenvalue weighted by Crippen LogP contribution is -2.46. The second-order valence-electron chi connectivity index (χ2n) is 4.75. The number of aliphatic hydroxyl groups is 1. The van der Waals surface area contributed by atoms with Crippen LogP contribution < -0.4 is 5.32 Å². The first-order valence-corrected chi connectivity index (χ1v) is 10.1. The van der Waals surface area contributed by atoms with Crippen LogP contribution in [0.3, 0.4) is 0 Å². The molecule has 0 aliphatic heterocycles. The molecule has 0 aliphatic carbocycles. The fourth-order valence-corrected chi connectivity index (χ4v) is 4.63. The van der Waals surface area contributed by atoms with Gasteiger partial charge in [-0.05, 0) is 40.7 Å². The summed E-state index contributed by atoms with van der Waals surface area (Å²) in [4.78, 5) is 0. The van der Waals surface area contributed by atoms with Gasteiger partial charge in [-0.15, -0.1) is 0 Å². The van der Waals surface area contributed by atoms with E-state index in [1.165, 1.54) is 0 Å². The molecule has 7 heteroatoms. The van der Waals surface area contributed by atoms with Gasteiger partial charge in [0.05, 0.1) is 6.26 Å². The Balaban J connectivity index is 3.96. The Bertz CT molecular complexity index is 262. The highest BCUT2D eigenvalue weighted by molar-refractivity contribution is 6.60. The SMILES string of the molecule is CC=COCC(O)CNCCC[Si](OCC)(OCC)OCC. The molecule has 0 radical (unpaired) electrons. The van der Waals surface area contributed by atoms with Crippen LogP contribution in [0.25, 0.3) is 0 Å². The minimum Gasteiger partial charge on any atom is -0.499 e. The summed E-state index contributed by atoms with van der Waals surface area (Å²) in [6.45, 7) is 11.1. The van der Waals surface area contributed by atoms with Crippen molar-refractivity contribution in [3.63, 3.8) is 0 Å². The van der Waals surface area contributed by atoms with Gasteiger partial charge < -0.3 is 28.4 Å². The monoisotopic (exact) mass is 335 g/mol. The molecular weight excluding hydrogens is 302 g/mol. The van der Waals surface area contributed by atoms with Crippen LogP contribution in [0.2, 0.25) is 6.04 Å². The molecule has 0 aromatic carbocycles. The summed E-state index contributed by atoms with van der Waals surface area (Å²) in [5.74, 6) is 0. The molecule has 0 saturated heterocycles. The zero-order valence-corrected chi connectivity index (χ0v) is 15.5. The normalized spacial score (nSPS) is 13.7. The largest absolute Gasteiger partial charge is 0.500 e. The number of rotatable bonds is 15. The summed E-state index contributed by atoms with van der Waals surface area (Å²) in [6.07, 6.45) is 3.74. The summed E-state index contributed by atoms with van der Waals surface area (Å²) >= 11 is 0. The van der Waals surface area contributed by atoms with E-state index in [9.17, 15) is 5.11 Å². The predicted molar refractivity (Wildman–Crippen MR) is 89.7 cm³/mol. The van der Waals surface area contributed by atoms with E-state index < -0.39 is 14.9 Å². The fourth-order valence-electron chi connectivity index (χ4n) is 2.02. The van der Waals surface area contributed by atoms with Gasteiger partial charge in [0, 0.05) is 32.4 Å². The first kappa shape index (κ1) is 21.6. The van der Waals surface area contributed by atoms with E-state index >= 15 is 0 Å². The highest BCUT2D eigenvalue weighted by Gasteiger charge is 2.39. The molecule has 2 N–H and O–H groups in total. The van der Waals surface area contributed by atoms with Crippen molar-refractivity contribution >= 4 is 8.80 Å². The molecule has 0 bridgehead atoms. The van der Waals surface area contributed by atoms with Gasteiger partial charge in [0.15, 0.2) is 0 Å². The van der Waals surface area contributed by atoms with Gasteiger partial charge in [-0.25, -0.2) is 0 Å². The van der Waals surface area contributed by atoms with Crippen LogP contribution in [-0.2, 0) is 18.0 Å². The lowest BCUT2D eigenvalue weighted by atomic mass is 10.3. The zero-order chi connectivity index (χ0) is 16.7. The number of hydrogen-bond acceptors (Lipinski definition) is 6. The standard InChI is InChI=1S/C15H33NO5Si/c1-5-11-18-14-15(17)13-16-10-9-12-22(19-6-2,20-7-3)21-8-4/h5,11,15-17H,6-10,12-14H2,1-4H3. The molecule has 132 valence electrons. The molecule has 0 rings (SSSR count). The van der Waals surface area contributed by atoms with Crippen LogP contribution in [0, 0.1) is 0 Å². The van der Waals surface area contributed by atoms with Crippen molar-refractivity contribution in [1.29, 1.82) is 0 Å². The second kappa shape index (κ2) is 14.2. The summed E-state index contributed by atoms with van der Waals surface area (Å²) in [6, 6.07) is 0.778. The molecule has 6 nitrogen and oxygen atoms in total. The maximum atomic E-state index is 9.70. The number of ether oxygens (including phenoxy) is 1. The van der Waals surface area contributed by atoms with E-state index in [-0.39, 0.29) is 0 Å². The first-order valence-electron chi connectivity index (χ1n) is 8.17. The van der Waals surface area contributed by atoms with Gasteiger partial charge in [0.25, 0.3) is 0 Å². The Morgan fingerprint density at radius 2 is 1.68 bits per heavy atom. The third-order valence-electron chi connectivity index (χ3n) is 2.83. The third-order valence-corrected chi connectivity index (χ3v) is 5.98. The van der Waals surface area contributed by atoms with E-state index in [1.54, 1.807) is 12.3 Å². The van der Waals surface area contributed by atoms with Gasteiger partial charge in [-0.2, -0.15) is 0 Å². The maximum Gasteiger partial charge on any atom is 0.500 e. The van der Waals surface area contributed by atoms with Crippen LogP contribution in [0.5, 0.6) is 0 Å². The average Bonchev–Trinajstić information content (AvgIpc) is 2.48. The Morgan fingerprint density at radius 3 is 2.18 bits per heavy atom. The van der Waals surface area contributed by atoms with Crippen molar-refractivity contribution in [2.45, 2.75) is 46.3 Å². The molecular formula is C15H33NO5Si. The highest BCUT2D eigenvalue weighted by atomic mass is 28.4. The summed E-state index contributed by atoms with van der Waals surface area (Å²) in [5, 5.41) is 12.9. The van der Waals surface area contributed by atoms with Crippen molar-refractivity contribution in [3.05, 3.63) is 12.3 Å². The van der Waals surface area contributed by atoms with Gasteiger partial charge >= 0.3 is 8.80 Å². The van der Waals surface area contributed by atoms with Crippen LogP contribution in [0.15, 0.2) is 12.3 Å². The molecule has 0 spiro atoms. The number of nitrogens with one attached hydrogen (secondary N) is 1. The molecule has 0 fully saturated rings. The van der Waals surface area contributed by atoms with E-state index in [0.717, 1.165) is 19.0 Å². The quantitative estimate of drug-likeness (QED) is 0.271. The van der Waals surface area contributed by atoms with Crippen LogP contribution >= 0.6 is 0 Å². The van der Waals surface area contributed by atoms with Gasteiger partial charge in [-0.3, -0.25) is 0 Å². The average molecular weight is 336 g/mol. The topological polar surface area (TPSA) is 69.2 Å². The summed E-state index contributed by atoms with van der Waals surface area (Å²) in [5.41, 5.74) is 0. The molecule has 1 unspecified atom stereocenters. The van der Waals surface area contributed by atoms with E-state index in [2.05, 4.69) is 5.32 Å². The Labute approximate surface area is 136 Å². The summed E-state index contributed by atoms with van der Waals surface area (Å²) in [7, 11) is -2.53. The predicted octanol–water partition coefficient (Wildman–Crippen LogP) is 1.93. The van der Waals surface area contributed by atoms with Crippen molar-refractivity contribution in [3.8, 4) is 0 Å². The van der Waals surface area contributed by atoms with Gasteiger partial charge in [-0.1, -0.05) is 6.08 Å². The van der Waals surface area contributed by atoms with Crippen molar-refractivity contribution in [2.75, 3.05) is 39.5 Å². The lowest BCUT2D eigenvalue weighted by Gasteiger charge is -2.28. The minimum absolute atomic E-state index is 0.298. The lowest BCUT2D eigenvalue weighted by molar-refractivity contribution is 0.0703. The molecule has 0 aromatic heterocycles. The molecule has 0 saturated carbocycles. The van der Waals surface area contributed by atoms with Crippen molar-refractivity contribution in [2.24, 2.45) is 0 Å². The molecule has 0 heterocycles. The smallest absolute Gasteiger partial charge is 0.499 e. The second-order valence-corrected chi connectivity index (χ2v) is 7.48. The van der Waals surface area contributed by atoms with E-state index in [4.69, 9.17) is 18.0 Å². The van der Waals surface area contributed by atoms with Crippen LogP contribution in [-0.4, -0.2) is 59.5 Å². The molecule has 0 aliphatic rings. The fraction of sp³-hybridized carbons (Fsp3) is 0.867. The zero-order valence-electron chi connectivity index (χ0n) is 14.5. The Kier molecular flexibility index (Phi) is 13.9. The Morgan fingerprint density at radius 1 is 1.09 bits per heavy atom. The molecule has 0 amide bonds. The molecule has 22 heavy (non-hydrogen) atoms. The summed E-state index contributed by atoms with van der Waals surface area (Å²) < 4.78 is 22.5. The highest BCUT2D eigenvalue weighted by Crippen LogP contribution is 2.17. The molecule has 0 aromatic rings. The molecule has 1 atom stereocenters. The first-order chi connectivity index (χ1) is 10.6. The van der Waals surface area contributed by atoms with E-state index in [1.807, 2.05) is 27.7 Å². The van der Waals surface area contributed by atoms with Crippen LogP contribution in [0.1, 0.15) is 34.1 Å².